The van der Waals surface area contributed by atoms with Crippen LogP contribution < -0.4 is 0 Å². The third kappa shape index (κ3) is 3.70. The van der Waals surface area contributed by atoms with E-state index < -0.39 is 6.10 Å². The molecule has 0 aliphatic heterocycles. The average molecular weight is 374 g/mol. The lowest BCUT2D eigenvalue weighted by Crippen LogP contribution is -2.15. The summed E-state index contributed by atoms with van der Waals surface area (Å²) in [6.07, 6.45) is 1.52. The molecule has 6 nitrogen and oxygen atoms in total. The fourth-order valence-electron chi connectivity index (χ4n) is 2.72. The summed E-state index contributed by atoms with van der Waals surface area (Å²) in [5, 5.41) is 5.00. The van der Waals surface area contributed by atoms with Gasteiger partial charge in [0.1, 0.15) is 11.9 Å². The van der Waals surface area contributed by atoms with E-state index in [0.29, 0.717) is 10.9 Å². The van der Waals surface area contributed by atoms with Gasteiger partial charge in [0.2, 0.25) is 5.16 Å². The molecular weight excluding hydrogens is 355 g/mol. The van der Waals surface area contributed by atoms with Gasteiger partial charge in [-0.2, -0.15) is 4.98 Å². The number of halogens is 1. The van der Waals surface area contributed by atoms with Gasteiger partial charge in [-0.15, -0.1) is 5.10 Å². The highest BCUT2D eigenvalue weighted by Gasteiger charge is 2.18. The monoisotopic (exact) mass is 374 g/mol. The van der Waals surface area contributed by atoms with Crippen molar-refractivity contribution in [3.8, 4) is 0 Å². The smallest absolute Gasteiger partial charge is 0.310 e. The molecule has 1 unspecified atom stereocenters. The van der Waals surface area contributed by atoms with Crippen LogP contribution >= 0.6 is 11.8 Å². The molecule has 1 aromatic carbocycles. The van der Waals surface area contributed by atoms with Gasteiger partial charge in [0.15, 0.2) is 0 Å². The SMILES string of the molecule is CSc1nc2nc(C)c(CC(=O)OC(C)c3ccc(F)cc3)c(C)n2n1. The Bertz CT molecular complexity index is 956. The van der Waals surface area contributed by atoms with E-state index in [1.54, 1.807) is 23.6 Å². The highest BCUT2D eigenvalue weighted by atomic mass is 32.2. The zero-order valence-electron chi connectivity index (χ0n) is 15.0. The van der Waals surface area contributed by atoms with Gasteiger partial charge in [-0.1, -0.05) is 23.9 Å². The Balaban J connectivity index is 1.79. The standard InChI is InChI=1S/C18H19FN4O2S/c1-10-15(11(2)23-17(20-10)21-18(22-23)26-4)9-16(24)25-12(3)13-5-7-14(19)8-6-13/h5-8,12H,9H2,1-4H3. The molecule has 0 spiro atoms. The van der Waals surface area contributed by atoms with E-state index in [4.69, 9.17) is 4.74 Å². The molecular formula is C18H19FN4O2S. The number of ether oxygens (including phenoxy) is 1. The number of aromatic nitrogens is 4. The Labute approximate surface area is 154 Å². The number of carbonyl (C=O) groups excluding carboxylic acids is 1. The Morgan fingerprint density at radius 2 is 1.96 bits per heavy atom. The van der Waals surface area contributed by atoms with E-state index in [2.05, 4.69) is 15.1 Å². The van der Waals surface area contributed by atoms with Crippen LogP contribution in [0.1, 0.15) is 35.5 Å². The van der Waals surface area contributed by atoms with Gasteiger partial charge in [-0.05, 0) is 44.7 Å². The van der Waals surface area contributed by atoms with Gasteiger partial charge in [-0.25, -0.2) is 13.9 Å². The van der Waals surface area contributed by atoms with Crippen molar-refractivity contribution in [2.45, 2.75) is 38.5 Å². The first-order valence-corrected chi connectivity index (χ1v) is 9.33. The minimum atomic E-state index is -0.463. The molecule has 26 heavy (non-hydrogen) atoms. The fourth-order valence-corrected chi connectivity index (χ4v) is 3.05. The van der Waals surface area contributed by atoms with Crippen LogP contribution in [0.2, 0.25) is 0 Å². The number of thioether (sulfide) groups is 1. The summed E-state index contributed by atoms with van der Waals surface area (Å²) in [6.45, 7) is 5.48. The van der Waals surface area contributed by atoms with Crippen LogP contribution in [0, 0.1) is 19.7 Å². The lowest BCUT2D eigenvalue weighted by Gasteiger charge is -2.15. The zero-order valence-corrected chi connectivity index (χ0v) is 15.8. The highest BCUT2D eigenvalue weighted by Crippen LogP contribution is 2.21. The van der Waals surface area contributed by atoms with E-state index in [9.17, 15) is 9.18 Å². The maximum Gasteiger partial charge on any atom is 0.310 e. The second kappa shape index (κ2) is 7.41. The third-order valence-corrected chi connectivity index (χ3v) is 4.72. The number of benzene rings is 1. The lowest BCUT2D eigenvalue weighted by molar-refractivity contribution is -0.147. The summed E-state index contributed by atoms with van der Waals surface area (Å²) in [4.78, 5) is 21.1. The molecule has 0 radical (unpaired) electrons. The van der Waals surface area contributed by atoms with Gasteiger partial charge in [-0.3, -0.25) is 4.79 Å². The number of esters is 1. The summed E-state index contributed by atoms with van der Waals surface area (Å²) >= 11 is 1.43. The van der Waals surface area contributed by atoms with Crippen LogP contribution in [-0.4, -0.2) is 31.8 Å². The molecule has 0 aliphatic carbocycles. The molecule has 136 valence electrons. The van der Waals surface area contributed by atoms with E-state index in [0.717, 1.165) is 22.5 Å². The molecule has 2 heterocycles. The second-order valence-electron chi connectivity index (χ2n) is 5.93. The topological polar surface area (TPSA) is 69.4 Å². The number of fused-ring (bicyclic) bond motifs is 1. The Kier molecular flexibility index (Phi) is 5.22. The first kappa shape index (κ1) is 18.3. The molecule has 8 heteroatoms. The van der Waals surface area contributed by atoms with Gasteiger partial charge >= 0.3 is 5.97 Å². The number of hydrogen-bond acceptors (Lipinski definition) is 6. The van der Waals surface area contributed by atoms with Crippen molar-refractivity contribution < 1.29 is 13.9 Å². The van der Waals surface area contributed by atoms with E-state index in [1.807, 2.05) is 20.1 Å². The van der Waals surface area contributed by atoms with Crippen LogP contribution in [0.15, 0.2) is 29.4 Å². The molecule has 2 aromatic heterocycles. The molecule has 0 aliphatic rings. The summed E-state index contributed by atoms with van der Waals surface area (Å²) in [5.74, 6) is -0.184. The lowest BCUT2D eigenvalue weighted by atomic mass is 10.1. The normalized spacial score (nSPS) is 12.3. The fraction of sp³-hybridized carbons (Fsp3) is 0.333. The summed E-state index contributed by atoms with van der Waals surface area (Å²) in [7, 11) is 0. The Morgan fingerprint density at radius 1 is 1.27 bits per heavy atom. The largest absolute Gasteiger partial charge is 0.458 e. The molecule has 0 fully saturated rings. The van der Waals surface area contributed by atoms with Gasteiger partial charge in [0.25, 0.3) is 5.78 Å². The molecule has 0 saturated heterocycles. The highest BCUT2D eigenvalue weighted by molar-refractivity contribution is 7.98. The van der Waals surface area contributed by atoms with Gasteiger partial charge in [0.05, 0.1) is 6.42 Å². The predicted molar refractivity (Wildman–Crippen MR) is 96.6 cm³/mol. The number of hydrogen-bond donors (Lipinski definition) is 0. The van der Waals surface area contributed by atoms with Crippen LogP contribution in [0.4, 0.5) is 4.39 Å². The van der Waals surface area contributed by atoms with Crippen LogP contribution in [0.5, 0.6) is 0 Å². The first-order valence-electron chi connectivity index (χ1n) is 8.11. The molecule has 0 bridgehead atoms. The van der Waals surface area contributed by atoms with E-state index >= 15 is 0 Å². The maximum absolute atomic E-state index is 13.0. The minimum absolute atomic E-state index is 0.0839. The predicted octanol–water partition coefficient (Wildman–Crippen LogP) is 3.45. The van der Waals surface area contributed by atoms with E-state index in [1.165, 1.54) is 23.9 Å². The molecule has 3 aromatic rings. The Hall–Kier alpha value is -2.48. The summed E-state index contributed by atoms with van der Waals surface area (Å²) in [6, 6.07) is 5.91. The molecule has 3 rings (SSSR count). The second-order valence-corrected chi connectivity index (χ2v) is 6.71. The quantitative estimate of drug-likeness (QED) is 0.503. The third-order valence-electron chi connectivity index (χ3n) is 4.18. The van der Waals surface area contributed by atoms with Gasteiger partial charge in [0, 0.05) is 17.0 Å². The van der Waals surface area contributed by atoms with E-state index in [-0.39, 0.29) is 18.2 Å². The minimum Gasteiger partial charge on any atom is -0.458 e. The summed E-state index contributed by atoms with van der Waals surface area (Å²) < 4.78 is 20.1. The van der Waals surface area contributed by atoms with Crippen molar-refractivity contribution in [2.24, 2.45) is 0 Å². The van der Waals surface area contributed by atoms with Crippen molar-refractivity contribution in [2.75, 3.05) is 6.26 Å². The molecule has 1 atom stereocenters. The van der Waals surface area contributed by atoms with Crippen molar-refractivity contribution in [1.82, 2.24) is 19.6 Å². The Morgan fingerprint density at radius 3 is 2.62 bits per heavy atom. The van der Waals surface area contributed by atoms with Crippen LogP contribution in [0.25, 0.3) is 5.78 Å². The zero-order chi connectivity index (χ0) is 18.8. The number of nitrogens with zero attached hydrogens (tertiary/aromatic N) is 4. The van der Waals surface area contributed by atoms with Crippen molar-refractivity contribution in [3.63, 3.8) is 0 Å². The van der Waals surface area contributed by atoms with Crippen molar-refractivity contribution >= 4 is 23.5 Å². The molecule has 0 amide bonds. The van der Waals surface area contributed by atoms with Crippen LogP contribution in [0.3, 0.4) is 0 Å². The first-order chi connectivity index (χ1) is 12.4. The van der Waals surface area contributed by atoms with Crippen molar-refractivity contribution in [1.29, 1.82) is 0 Å². The maximum atomic E-state index is 13.0. The van der Waals surface area contributed by atoms with Gasteiger partial charge < -0.3 is 4.74 Å². The number of aryl methyl sites for hydroxylation is 2. The number of carbonyl (C=O) groups is 1. The average Bonchev–Trinajstić information content (AvgIpc) is 3.02. The molecule has 0 saturated carbocycles. The van der Waals surface area contributed by atoms with Crippen molar-refractivity contribution in [3.05, 3.63) is 52.6 Å². The molecule has 0 N–H and O–H groups in total. The number of rotatable bonds is 5. The summed E-state index contributed by atoms with van der Waals surface area (Å²) in [5.41, 5.74) is 3.04. The van der Waals surface area contributed by atoms with Crippen LogP contribution in [-0.2, 0) is 16.0 Å².